The minimum Gasteiger partial charge on any atom is -0.545 e. The van der Waals surface area contributed by atoms with Crippen molar-refractivity contribution >= 4 is 48.7 Å². The molecule has 0 saturated carbocycles. The first-order valence-electron chi connectivity index (χ1n) is 37.3. The van der Waals surface area contributed by atoms with Gasteiger partial charge in [-0.3, -0.25) is 13.6 Å². The van der Waals surface area contributed by atoms with Crippen LogP contribution in [0.25, 0.3) is 0 Å². The number of ketones is 2. The first-order valence-corrected chi connectivity index (χ1v) is 39.8. The number of carbonyl (C=O) groups is 2. The number of carbonyl (C=O) groups excluding carboxylic acids is 4. The fourth-order valence-electron chi connectivity index (χ4n) is 5.99. The van der Waals surface area contributed by atoms with E-state index in [2.05, 4.69) is 227 Å². The van der Waals surface area contributed by atoms with E-state index in [1.165, 1.54) is 38.3 Å². The van der Waals surface area contributed by atoms with Crippen molar-refractivity contribution < 1.29 is 169 Å². The number of ether oxygens (including phenoxy) is 4. The van der Waals surface area contributed by atoms with Crippen LogP contribution < -0.4 is 9.47 Å². The molecule has 4 radical (unpaired) electrons. The van der Waals surface area contributed by atoms with Gasteiger partial charge < -0.3 is 50.0 Å². The zero-order valence-corrected chi connectivity index (χ0v) is 92.0. The van der Waals surface area contributed by atoms with Crippen LogP contribution in [-0.4, -0.2) is 66.1 Å². The maximum absolute atomic E-state index is 10.5. The minimum atomic E-state index is 0. The van der Waals surface area contributed by atoms with Gasteiger partial charge in [0.25, 0.3) is 0 Å². The molecular weight excluding hydrogens is 1830 g/mol. The van der Waals surface area contributed by atoms with E-state index in [-0.39, 0.29) is 255 Å². The molecule has 6 aromatic carbocycles. The summed E-state index contributed by atoms with van der Waals surface area (Å²) in [6, 6.07) is 56.8. The molecule has 0 aliphatic carbocycles. The number of aryl methyl sites for hydroxylation is 3. The SMILES string of the molecule is C.C.C.C.C.C.C.C.C.C.C.C.CC.CC.CC.CC.CC.CC.CC(=O)CC(C)(C)C.CC(=O)CC(C)(C)C.CC(C)(C)C.CC(C)(C)C.COC(C)c1[c-]c(C)ccc1.COC(C)c1cc(C)[c-]c(C)c1.COc1ccccc1.COc1ccccc1.CSc1ccccc1.CSc1ccccc1.C[C-](C)C.C[C-](C)C.[CH-]=O.[CH-]=O.[Y].[Y].[Y].[Y]. The van der Waals surface area contributed by atoms with Crippen molar-refractivity contribution in [2.45, 2.75) is 394 Å². The molecule has 14 heteroatoms. The molecule has 2 atom stereocenters. The molecule has 6 aromatic rings. The molecule has 0 aliphatic rings. The van der Waals surface area contributed by atoms with Gasteiger partial charge in [-0.05, 0) is 110 Å². The Morgan fingerprint density at radius 3 is 0.686 bits per heavy atom. The van der Waals surface area contributed by atoms with Crippen LogP contribution in [0.4, 0.5) is 0 Å². The van der Waals surface area contributed by atoms with Gasteiger partial charge in [-0.15, -0.1) is 34.7 Å². The van der Waals surface area contributed by atoms with Gasteiger partial charge in [0.1, 0.15) is 23.1 Å². The number of methoxy groups -OCH3 is 4. The summed E-state index contributed by atoms with van der Waals surface area (Å²) in [4.78, 5) is 39.1. The predicted octanol–water partition coefficient (Wildman–Crippen LogP) is 38.1. The number of hydrogen-bond acceptors (Lipinski definition) is 10. The van der Waals surface area contributed by atoms with Crippen molar-refractivity contribution in [3.63, 3.8) is 0 Å². The fraction of sp³-hybridized carbons (Fsp3) is 0.607. The van der Waals surface area contributed by atoms with Crippen molar-refractivity contribution in [1.82, 2.24) is 0 Å². The Morgan fingerprint density at radius 1 is 0.355 bits per heavy atom. The summed E-state index contributed by atoms with van der Waals surface area (Å²) in [5.74, 6) is 5.20. The number of para-hydroxylation sites is 2. The molecule has 0 amide bonds. The molecule has 722 valence electrons. The second-order valence-electron chi connectivity index (χ2n) is 27.8. The summed E-state index contributed by atoms with van der Waals surface area (Å²) < 4.78 is 20.2. The molecule has 2 unspecified atom stereocenters. The summed E-state index contributed by atoms with van der Waals surface area (Å²) in [7, 11) is 6.76. The van der Waals surface area contributed by atoms with E-state index < -0.39 is 0 Å². The summed E-state index contributed by atoms with van der Waals surface area (Å²) in [5, 5.41) is 0. The van der Waals surface area contributed by atoms with Crippen molar-refractivity contribution in [3.05, 3.63) is 203 Å². The smallest absolute Gasteiger partial charge is 0.130 e. The van der Waals surface area contributed by atoms with Gasteiger partial charge in [0, 0.05) is 168 Å². The Hall–Kier alpha value is -1.36. The van der Waals surface area contributed by atoms with E-state index in [0.29, 0.717) is 23.7 Å². The molecule has 8 nitrogen and oxygen atoms in total. The second kappa shape index (κ2) is 156. The van der Waals surface area contributed by atoms with Gasteiger partial charge in [0.2, 0.25) is 0 Å². The molecule has 6 rings (SSSR count). The average Bonchev–Trinajstić information content (AvgIpc) is 0.877. The van der Waals surface area contributed by atoms with Crippen LogP contribution in [0.1, 0.15) is 391 Å². The van der Waals surface area contributed by atoms with Gasteiger partial charge in [0.15, 0.2) is 0 Å². The quantitative estimate of drug-likeness (QED) is 0.0748. The topological polar surface area (TPSA) is 105 Å². The first-order chi connectivity index (χ1) is 48.9. The molecule has 0 aliphatic heterocycles. The Balaban J connectivity index is -0.0000000262. The van der Waals surface area contributed by atoms with Crippen LogP contribution in [0.5, 0.6) is 11.5 Å². The molecule has 0 saturated heterocycles. The molecule has 0 N–H and O–H groups in total. The van der Waals surface area contributed by atoms with Crippen LogP contribution in [0.3, 0.4) is 0 Å². The summed E-state index contributed by atoms with van der Waals surface area (Å²) in [6.45, 7) is 86.4. The summed E-state index contributed by atoms with van der Waals surface area (Å²) in [6.07, 6.45) is 5.86. The zero-order valence-electron chi connectivity index (χ0n) is 79.0. The second-order valence-corrected chi connectivity index (χ2v) is 29.5. The van der Waals surface area contributed by atoms with Crippen LogP contribution in [0.2, 0.25) is 0 Å². The molecule has 121 heavy (non-hydrogen) atoms. The van der Waals surface area contributed by atoms with E-state index in [1.807, 2.05) is 219 Å². The largest absolute Gasteiger partial charge is 0.545 e. The predicted molar refractivity (Wildman–Crippen MR) is 561 cm³/mol. The minimum absolute atomic E-state index is 0. The van der Waals surface area contributed by atoms with Crippen LogP contribution in [0.15, 0.2) is 161 Å². The van der Waals surface area contributed by atoms with Crippen LogP contribution in [-0.2, 0) is 159 Å². The Kier molecular flexibility index (Phi) is 270. The van der Waals surface area contributed by atoms with Crippen LogP contribution >= 0.6 is 23.5 Å². The Morgan fingerprint density at radius 2 is 0.554 bits per heavy atom. The van der Waals surface area contributed by atoms with E-state index in [1.54, 1.807) is 65.8 Å². The zero-order chi connectivity index (χ0) is 86.4. The Labute approximate surface area is 879 Å². The fourth-order valence-corrected chi connectivity index (χ4v) is 6.85. The molecule has 0 bridgehead atoms. The number of rotatable bonds is 10. The monoisotopic (exact) mass is 2050 g/mol. The van der Waals surface area contributed by atoms with Gasteiger partial charge in [-0.2, -0.15) is 101 Å². The number of thioether (sulfide) groups is 2. The van der Waals surface area contributed by atoms with Crippen molar-refractivity contribution in [3.8, 4) is 11.5 Å². The normalized spacial score (nSPS) is 8.29. The van der Waals surface area contributed by atoms with Crippen LogP contribution in [0, 0.1) is 66.4 Å². The van der Waals surface area contributed by atoms with Gasteiger partial charge in [-0.25, -0.2) is 0 Å². The average molecular weight is 2050 g/mol. The van der Waals surface area contributed by atoms with E-state index in [0.717, 1.165) is 22.6 Å². The first kappa shape index (κ1) is 210. The third-order valence-corrected chi connectivity index (χ3v) is 10.7. The van der Waals surface area contributed by atoms with E-state index >= 15 is 0 Å². The molecule has 0 heterocycles. The molecular formula is C107H216O8S2Y4-6. The van der Waals surface area contributed by atoms with Crippen molar-refractivity contribution in [1.29, 1.82) is 0 Å². The maximum atomic E-state index is 10.5. The Bertz CT molecular complexity index is 2330. The van der Waals surface area contributed by atoms with E-state index in [9.17, 15) is 9.59 Å². The van der Waals surface area contributed by atoms with E-state index in [4.69, 9.17) is 28.5 Å². The third-order valence-electron chi connectivity index (χ3n) is 9.21. The van der Waals surface area contributed by atoms with Gasteiger partial charge >= 0.3 is 0 Å². The number of benzene rings is 6. The number of Topliss-reactive ketones (excluding diaryl/α,β-unsaturated/α-hetero) is 2. The summed E-state index contributed by atoms with van der Waals surface area (Å²) >= 11 is 3.54. The molecule has 0 spiro atoms. The molecule has 0 fully saturated rings. The maximum Gasteiger partial charge on any atom is 0.130 e. The summed E-state index contributed by atoms with van der Waals surface area (Å²) in [5.41, 5.74) is 7.20. The van der Waals surface area contributed by atoms with Crippen molar-refractivity contribution in [2.75, 3.05) is 41.0 Å². The van der Waals surface area contributed by atoms with Gasteiger partial charge in [-0.1, -0.05) is 363 Å². The standard InChI is InChI=1S/C11H15O.C10H13O.2C7H8O.2C7H14O.2C7H8S.2C5H12.2C4H9.6C2H6.2CHO.12CH4.4Y/c1-8-5-9(2)7-11(6-8)10(3)12-4;1-8-5-4-6-10(7-8)9(2)11-3;2*1-8-7-5-3-2-4-6-7;2*1-6(8)5-7(2,3)4;2*1-8-7-5-3-2-4-6-7;2*1-5(2,3)4;2*1-4(2)3;8*1-2;;;;;;;;;;;;;;;;/h6-7,10H,1-4H3;4-6,9H,1-3H3;2*2-6H,1H3;2*5H2,1-4H3;2*2-6H,1H3;2*1-4H3;2*1-3H3;6*1-2H3;2*1H;12*1H4;;;;/q2*-1;;;;;;;;;2*-1;;;;;;;2*-1;;;;;;;;;;;;;;;;. The van der Waals surface area contributed by atoms with Gasteiger partial charge in [0.05, 0.1) is 26.4 Å². The third kappa shape index (κ3) is 236. The number of hydrogen-bond donors (Lipinski definition) is 0. The molecule has 0 aromatic heterocycles. The van der Waals surface area contributed by atoms with Crippen molar-refractivity contribution in [2.24, 2.45) is 21.7 Å².